The Bertz CT molecular complexity index is 476. The summed E-state index contributed by atoms with van der Waals surface area (Å²) in [4.78, 5) is 0. The van der Waals surface area contributed by atoms with Gasteiger partial charge in [0.25, 0.3) is 0 Å². The van der Waals surface area contributed by atoms with Crippen LogP contribution in [0.15, 0.2) is 30.3 Å². The van der Waals surface area contributed by atoms with Gasteiger partial charge in [0.1, 0.15) is 0 Å². The largest absolute Gasteiger partial charge is 0.325 e. The molecule has 0 unspecified atom stereocenters. The van der Waals surface area contributed by atoms with Gasteiger partial charge in [0.05, 0.1) is 16.4 Å². The molecule has 1 aromatic carbocycles. The van der Waals surface area contributed by atoms with E-state index in [2.05, 4.69) is 5.10 Å². The summed E-state index contributed by atoms with van der Waals surface area (Å²) >= 11 is 6.08. The van der Waals surface area contributed by atoms with Crippen LogP contribution in [0, 0.1) is 0 Å². The number of benzene rings is 1. The third-order valence-electron chi connectivity index (χ3n) is 2.34. The number of aromatic nitrogens is 2. The van der Waals surface area contributed by atoms with Crippen molar-refractivity contribution < 1.29 is 0 Å². The van der Waals surface area contributed by atoms with Crippen LogP contribution in [-0.4, -0.2) is 9.78 Å². The molecule has 2 aromatic rings. The van der Waals surface area contributed by atoms with Crippen LogP contribution in [0.4, 0.5) is 0 Å². The van der Waals surface area contributed by atoms with Gasteiger partial charge >= 0.3 is 0 Å². The van der Waals surface area contributed by atoms with E-state index in [4.69, 9.17) is 17.3 Å². The smallest absolute Gasteiger partial charge is 0.0941 e. The molecule has 0 fully saturated rings. The van der Waals surface area contributed by atoms with E-state index in [1.807, 2.05) is 37.4 Å². The van der Waals surface area contributed by atoms with Crippen LogP contribution in [0.2, 0.25) is 5.02 Å². The zero-order valence-electron chi connectivity index (χ0n) is 8.44. The maximum absolute atomic E-state index is 6.08. The first kappa shape index (κ1) is 10.2. The second kappa shape index (κ2) is 4.04. The van der Waals surface area contributed by atoms with Crippen molar-refractivity contribution in [2.75, 3.05) is 0 Å². The van der Waals surface area contributed by atoms with Crippen LogP contribution < -0.4 is 5.73 Å². The van der Waals surface area contributed by atoms with Crippen LogP contribution in [-0.2, 0) is 13.6 Å². The number of aryl methyl sites for hydroxylation is 1. The van der Waals surface area contributed by atoms with E-state index in [0.717, 1.165) is 17.0 Å². The van der Waals surface area contributed by atoms with Crippen molar-refractivity contribution in [3.8, 4) is 11.3 Å². The van der Waals surface area contributed by atoms with Gasteiger partial charge < -0.3 is 5.73 Å². The van der Waals surface area contributed by atoms with Crippen molar-refractivity contribution >= 4 is 11.6 Å². The lowest BCUT2D eigenvalue weighted by molar-refractivity contribution is 0.714. The Hall–Kier alpha value is -1.32. The Morgan fingerprint density at radius 1 is 1.40 bits per heavy atom. The standard InChI is InChI=1S/C11H12ClN3/c1-15-8(7-13)6-11(14-15)9-4-2-3-5-10(9)12/h2-6H,7,13H2,1H3. The van der Waals surface area contributed by atoms with Gasteiger partial charge in [-0.3, -0.25) is 4.68 Å². The van der Waals surface area contributed by atoms with E-state index in [9.17, 15) is 0 Å². The van der Waals surface area contributed by atoms with Gasteiger partial charge in [0.2, 0.25) is 0 Å². The number of halogens is 1. The molecule has 0 atom stereocenters. The molecule has 0 spiro atoms. The second-order valence-electron chi connectivity index (χ2n) is 3.33. The summed E-state index contributed by atoms with van der Waals surface area (Å²) in [7, 11) is 1.88. The van der Waals surface area contributed by atoms with Crippen LogP contribution in [0.3, 0.4) is 0 Å². The SMILES string of the molecule is Cn1nc(-c2ccccc2Cl)cc1CN. The molecule has 15 heavy (non-hydrogen) atoms. The number of nitrogens with zero attached hydrogens (tertiary/aromatic N) is 2. The lowest BCUT2D eigenvalue weighted by Crippen LogP contribution is -2.03. The normalized spacial score (nSPS) is 10.6. The molecule has 3 nitrogen and oxygen atoms in total. The number of hydrogen-bond donors (Lipinski definition) is 1. The molecule has 0 radical (unpaired) electrons. The Morgan fingerprint density at radius 3 is 2.73 bits per heavy atom. The van der Waals surface area contributed by atoms with Crippen molar-refractivity contribution in [2.24, 2.45) is 12.8 Å². The maximum atomic E-state index is 6.08. The van der Waals surface area contributed by atoms with Crippen LogP contribution in [0.25, 0.3) is 11.3 Å². The van der Waals surface area contributed by atoms with Gasteiger partial charge in [-0.15, -0.1) is 0 Å². The van der Waals surface area contributed by atoms with E-state index in [-0.39, 0.29) is 0 Å². The Morgan fingerprint density at radius 2 is 2.13 bits per heavy atom. The van der Waals surface area contributed by atoms with Gasteiger partial charge in [-0.25, -0.2) is 0 Å². The van der Waals surface area contributed by atoms with Crippen molar-refractivity contribution in [1.82, 2.24) is 9.78 Å². The fraction of sp³-hybridized carbons (Fsp3) is 0.182. The minimum absolute atomic E-state index is 0.480. The molecule has 1 heterocycles. The highest BCUT2D eigenvalue weighted by Crippen LogP contribution is 2.26. The van der Waals surface area contributed by atoms with Crippen molar-refractivity contribution in [1.29, 1.82) is 0 Å². The molecule has 2 N–H and O–H groups in total. The molecule has 0 bridgehead atoms. The summed E-state index contributed by atoms with van der Waals surface area (Å²) in [5.74, 6) is 0. The number of rotatable bonds is 2. The molecule has 0 aliphatic carbocycles. The molecule has 2 rings (SSSR count). The topological polar surface area (TPSA) is 43.8 Å². The molecule has 0 aliphatic heterocycles. The van der Waals surface area contributed by atoms with Gasteiger partial charge in [0.15, 0.2) is 0 Å². The first-order valence-electron chi connectivity index (χ1n) is 4.70. The van der Waals surface area contributed by atoms with Gasteiger partial charge in [-0.2, -0.15) is 5.10 Å². The van der Waals surface area contributed by atoms with Gasteiger partial charge in [0, 0.05) is 19.2 Å². The Balaban J connectivity index is 2.50. The zero-order chi connectivity index (χ0) is 10.8. The fourth-order valence-electron chi connectivity index (χ4n) is 1.50. The molecule has 0 saturated carbocycles. The first-order chi connectivity index (χ1) is 7.22. The average molecular weight is 222 g/mol. The maximum Gasteiger partial charge on any atom is 0.0941 e. The summed E-state index contributed by atoms with van der Waals surface area (Å²) in [5.41, 5.74) is 8.38. The summed E-state index contributed by atoms with van der Waals surface area (Å²) in [6.45, 7) is 0.480. The summed E-state index contributed by atoms with van der Waals surface area (Å²) in [6, 6.07) is 9.61. The van der Waals surface area contributed by atoms with E-state index in [1.54, 1.807) is 4.68 Å². The minimum atomic E-state index is 0.480. The van der Waals surface area contributed by atoms with E-state index < -0.39 is 0 Å². The number of nitrogens with two attached hydrogens (primary N) is 1. The van der Waals surface area contributed by atoms with Crippen molar-refractivity contribution in [2.45, 2.75) is 6.54 Å². The fourth-order valence-corrected chi connectivity index (χ4v) is 1.73. The molecular weight excluding hydrogens is 210 g/mol. The predicted octanol–water partition coefficient (Wildman–Crippen LogP) is 2.20. The molecule has 0 saturated heterocycles. The summed E-state index contributed by atoms with van der Waals surface area (Å²) in [6.07, 6.45) is 0. The molecule has 0 aliphatic rings. The lowest BCUT2D eigenvalue weighted by Gasteiger charge is -1.98. The lowest BCUT2D eigenvalue weighted by atomic mass is 10.1. The third kappa shape index (κ3) is 1.89. The van der Waals surface area contributed by atoms with E-state index in [0.29, 0.717) is 11.6 Å². The van der Waals surface area contributed by atoms with Gasteiger partial charge in [-0.05, 0) is 12.1 Å². The predicted molar refractivity (Wildman–Crippen MR) is 61.5 cm³/mol. The van der Waals surface area contributed by atoms with Crippen LogP contribution in [0.5, 0.6) is 0 Å². The second-order valence-corrected chi connectivity index (χ2v) is 3.74. The third-order valence-corrected chi connectivity index (χ3v) is 2.67. The highest BCUT2D eigenvalue weighted by molar-refractivity contribution is 6.33. The highest BCUT2D eigenvalue weighted by atomic mass is 35.5. The van der Waals surface area contributed by atoms with Crippen molar-refractivity contribution in [3.63, 3.8) is 0 Å². The van der Waals surface area contributed by atoms with Crippen LogP contribution >= 0.6 is 11.6 Å². The van der Waals surface area contributed by atoms with Gasteiger partial charge in [-0.1, -0.05) is 29.8 Å². The van der Waals surface area contributed by atoms with Crippen LogP contribution in [0.1, 0.15) is 5.69 Å². The zero-order valence-corrected chi connectivity index (χ0v) is 9.20. The summed E-state index contributed by atoms with van der Waals surface area (Å²) < 4.78 is 1.78. The van der Waals surface area contributed by atoms with E-state index in [1.165, 1.54) is 0 Å². The number of hydrogen-bond acceptors (Lipinski definition) is 2. The quantitative estimate of drug-likeness (QED) is 0.845. The molecule has 78 valence electrons. The average Bonchev–Trinajstić information content (AvgIpc) is 2.60. The molecule has 4 heteroatoms. The van der Waals surface area contributed by atoms with E-state index >= 15 is 0 Å². The van der Waals surface area contributed by atoms with Crippen molar-refractivity contribution in [3.05, 3.63) is 41.0 Å². The minimum Gasteiger partial charge on any atom is -0.325 e. The monoisotopic (exact) mass is 221 g/mol. The Labute approximate surface area is 93.5 Å². The Kier molecular flexibility index (Phi) is 2.75. The molecule has 1 aromatic heterocycles. The summed E-state index contributed by atoms with van der Waals surface area (Å²) in [5, 5.41) is 5.07. The first-order valence-corrected chi connectivity index (χ1v) is 5.08. The highest BCUT2D eigenvalue weighted by Gasteiger charge is 2.08. The molecular formula is C11H12ClN3. The molecule has 0 amide bonds.